The first-order valence-electron chi connectivity index (χ1n) is 6.37. The molecule has 0 atom stereocenters. The number of fused-ring (bicyclic) bond motifs is 1. The van der Waals surface area contributed by atoms with E-state index in [1.54, 1.807) is 0 Å². The fraction of sp³-hybridized carbons (Fsp3) is 0.500. The lowest BCUT2D eigenvalue weighted by molar-refractivity contribution is 0.151. The van der Waals surface area contributed by atoms with Crippen LogP contribution in [-0.4, -0.2) is 14.7 Å². The van der Waals surface area contributed by atoms with Crippen molar-refractivity contribution in [1.29, 1.82) is 0 Å². The number of hydrogen-bond acceptors (Lipinski definition) is 2. The number of aromatic nitrogens is 2. The molecule has 2 aliphatic rings. The summed E-state index contributed by atoms with van der Waals surface area (Å²) in [6, 6.07) is 6.21. The maximum atomic E-state index is 10.1. The fourth-order valence-corrected chi connectivity index (χ4v) is 2.62. The summed E-state index contributed by atoms with van der Waals surface area (Å²) in [5.74, 6) is 1.87. The molecular weight excluding hydrogens is 212 g/mol. The van der Waals surface area contributed by atoms with Gasteiger partial charge in [-0.15, -0.1) is 0 Å². The molecule has 1 aromatic heterocycles. The summed E-state index contributed by atoms with van der Waals surface area (Å²) in [5.41, 5.74) is 2.70. The van der Waals surface area contributed by atoms with Crippen molar-refractivity contribution in [3.05, 3.63) is 29.6 Å². The molecule has 3 nitrogen and oxygen atoms in total. The molecule has 0 saturated heterocycles. The van der Waals surface area contributed by atoms with E-state index < -0.39 is 5.60 Å². The maximum Gasteiger partial charge on any atom is 0.112 e. The zero-order valence-corrected chi connectivity index (χ0v) is 9.98. The fourth-order valence-electron chi connectivity index (χ4n) is 2.62. The Hall–Kier alpha value is -1.35. The van der Waals surface area contributed by atoms with E-state index >= 15 is 0 Å². The third kappa shape index (κ3) is 1.35. The summed E-state index contributed by atoms with van der Waals surface area (Å²) in [7, 11) is 2.09. The van der Waals surface area contributed by atoms with Crippen LogP contribution in [0.15, 0.2) is 18.2 Å². The van der Waals surface area contributed by atoms with Gasteiger partial charge in [0.05, 0.1) is 16.6 Å². The van der Waals surface area contributed by atoms with Gasteiger partial charge in [0, 0.05) is 13.0 Å². The lowest BCUT2D eigenvalue weighted by Gasteiger charge is -2.07. The van der Waals surface area contributed by atoms with E-state index in [0.29, 0.717) is 5.92 Å². The molecule has 0 spiro atoms. The minimum absolute atomic E-state index is 0.550. The Labute approximate surface area is 100 Å². The molecule has 0 aliphatic heterocycles. The lowest BCUT2D eigenvalue weighted by Crippen LogP contribution is -2.03. The van der Waals surface area contributed by atoms with Crippen molar-refractivity contribution >= 4 is 11.0 Å². The first kappa shape index (κ1) is 9.66. The van der Waals surface area contributed by atoms with Crippen LogP contribution in [0.4, 0.5) is 0 Å². The smallest absolute Gasteiger partial charge is 0.112 e. The molecule has 0 bridgehead atoms. The van der Waals surface area contributed by atoms with Crippen molar-refractivity contribution in [3.8, 4) is 0 Å². The number of imidazole rings is 1. The predicted molar refractivity (Wildman–Crippen MR) is 65.8 cm³/mol. The highest BCUT2D eigenvalue weighted by Crippen LogP contribution is 2.46. The second kappa shape index (κ2) is 2.91. The Morgan fingerprint density at radius 2 is 2.12 bits per heavy atom. The zero-order valence-electron chi connectivity index (χ0n) is 9.98. The molecule has 0 radical (unpaired) electrons. The molecule has 3 heteroatoms. The van der Waals surface area contributed by atoms with E-state index in [9.17, 15) is 5.11 Å². The molecule has 0 amide bonds. The van der Waals surface area contributed by atoms with Gasteiger partial charge >= 0.3 is 0 Å². The van der Waals surface area contributed by atoms with Gasteiger partial charge in [-0.1, -0.05) is 6.07 Å². The first-order valence-corrected chi connectivity index (χ1v) is 6.37. The summed E-state index contributed by atoms with van der Waals surface area (Å²) in [6.07, 6.45) is 4.32. The monoisotopic (exact) mass is 228 g/mol. The SMILES string of the molecule is Cn1c(C2CC2)nc2cc(C3(O)CC3)ccc21. The second-order valence-electron chi connectivity index (χ2n) is 5.54. The number of aliphatic hydroxyl groups is 1. The van der Waals surface area contributed by atoms with E-state index in [1.165, 1.54) is 24.2 Å². The van der Waals surface area contributed by atoms with Crippen molar-refractivity contribution in [3.63, 3.8) is 0 Å². The molecule has 88 valence electrons. The standard InChI is InChI=1S/C14H16N2O/c1-16-12-5-4-10(14(17)6-7-14)8-11(12)15-13(16)9-2-3-9/h4-5,8-9,17H,2-3,6-7H2,1H3. The number of aryl methyl sites for hydroxylation is 1. The third-order valence-electron chi connectivity index (χ3n) is 4.12. The molecule has 1 N–H and O–H groups in total. The normalized spacial score (nSPS) is 22.0. The Morgan fingerprint density at radius 1 is 1.35 bits per heavy atom. The van der Waals surface area contributed by atoms with E-state index in [2.05, 4.69) is 23.7 Å². The van der Waals surface area contributed by atoms with E-state index in [4.69, 9.17) is 4.98 Å². The highest BCUT2D eigenvalue weighted by Gasteiger charge is 2.42. The van der Waals surface area contributed by atoms with Crippen LogP contribution in [-0.2, 0) is 12.6 Å². The highest BCUT2D eigenvalue weighted by molar-refractivity contribution is 5.77. The van der Waals surface area contributed by atoms with E-state index in [-0.39, 0.29) is 0 Å². The van der Waals surface area contributed by atoms with Gasteiger partial charge in [-0.05, 0) is 43.4 Å². The van der Waals surface area contributed by atoms with Gasteiger partial charge in [-0.25, -0.2) is 4.98 Å². The Kier molecular flexibility index (Phi) is 1.65. The van der Waals surface area contributed by atoms with Crippen molar-refractivity contribution in [1.82, 2.24) is 9.55 Å². The van der Waals surface area contributed by atoms with Gasteiger partial charge in [0.1, 0.15) is 5.82 Å². The summed E-state index contributed by atoms with van der Waals surface area (Å²) in [4.78, 5) is 4.73. The molecule has 17 heavy (non-hydrogen) atoms. The minimum Gasteiger partial charge on any atom is -0.385 e. The molecule has 2 fully saturated rings. The summed E-state index contributed by atoms with van der Waals surface area (Å²) < 4.78 is 2.20. The average Bonchev–Trinajstić information content (AvgIpc) is 3.23. The quantitative estimate of drug-likeness (QED) is 0.857. The van der Waals surface area contributed by atoms with Gasteiger partial charge in [-0.3, -0.25) is 0 Å². The predicted octanol–water partition coefficient (Wildman–Crippen LogP) is 2.43. The van der Waals surface area contributed by atoms with Gasteiger partial charge in [-0.2, -0.15) is 0 Å². The molecule has 0 unspecified atom stereocenters. The number of hydrogen-bond donors (Lipinski definition) is 1. The lowest BCUT2D eigenvalue weighted by atomic mass is 10.1. The van der Waals surface area contributed by atoms with Gasteiger partial charge < -0.3 is 9.67 Å². The van der Waals surface area contributed by atoms with Crippen LogP contribution < -0.4 is 0 Å². The van der Waals surface area contributed by atoms with Crippen LogP contribution in [0.1, 0.15) is 43.0 Å². The Morgan fingerprint density at radius 3 is 2.76 bits per heavy atom. The zero-order chi connectivity index (χ0) is 11.6. The molecule has 2 aliphatic carbocycles. The Bertz CT molecular complexity index is 606. The van der Waals surface area contributed by atoms with Crippen molar-refractivity contribution in [2.24, 2.45) is 7.05 Å². The van der Waals surface area contributed by atoms with E-state index in [0.717, 1.165) is 23.9 Å². The van der Waals surface area contributed by atoms with Crippen LogP contribution in [0.5, 0.6) is 0 Å². The number of rotatable bonds is 2. The number of nitrogens with zero attached hydrogens (tertiary/aromatic N) is 2. The van der Waals surface area contributed by atoms with Crippen LogP contribution in [0.3, 0.4) is 0 Å². The molecule has 1 aromatic carbocycles. The van der Waals surface area contributed by atoms with Crippen molar-refractivity contribution in [2.75, 3.05) is 0 Å². The molecule has 4 rings (SSSR count). The first-order chi connectivity index (χ1) is 8.17. The molecule has 1 heterocycles. The molecular formula is C14H16N2O. The topological polar surface area (TPSA) is 38.0 Å². The number of benzene rings is 1. The van der Waals surface area contributed by atoms with Crippen LogP contribution >= 0.6 is 0 Å². The van der Waals surface area contributed by atoms with Gasteiger partial charge in [0.25, 0.3) is 0 Å². The van der Waals surface area contributed by atoms with Crippen LogP contribution in [0, 0.1) is 0 Å². The minimum atomic E-state index is -0.550. The second-order valence-corrected chi connectivity index (χ2v) is 5.54. The third-order valence-corrected chi connectivity index (χ3v) is 4.12. The van der Waals surface area contributed by atoms with Gasteiger partial charge in [0.15, 0.2) is 0 Å². The van der Waals surface area contributed by atoms with E-state index in [1.807, 2.05) is 6.07 Å². The van der Waals surface area contributed by atoms with Gasteiger partial charge in [0.2, 0.25) is 0 Å². The summed E-state index contributed by atoms with van der Waals surface area (Å²) in [5, 5.41) is 10.1. The maximum absolute atomic E-state index is 10.1. The van der Waals surface area contributed by atoms with Crippen LogP contribution in [0.2, 0.25) is 0 Å². The summed E-state index contributed by atoms with van der Waals surface area (Å²) >= 11 is 0. The van der Waals surface area contributed by atoms with Crippen molar-refractivity contribution in [2.45, 2.75) is 37.2 Å². The van der Waals surface area contributed by atoms with Crippen LogP contribution in [0.25, 0.3) is 11.0 Å². The van der Waals surface area contributed by atoms with Crippen molar-refractivity contribution < 1.29 is 5.11 Å². The highest BCUT2D eigenvalue weighted by atomic mass is 16.3. The largest absolute Gasteiger partial charge is 0.385 e. The Balaban J connectivity index is 1.89. The molecule has 2 saturated carbocycles. The molecule has 2 aromatic rings. The summed E-state index contributed by atoms with van der Waals surface area (Å²) in [6.45, 7) is 0. The average molecular weight is 228 g/mol.